The first-order chi connectivity index (χ1) is 8.69. The van der Waals surface area contributed by atoms with Gasteiger partial charge in [0, 0.05) is 25.9 Å². The molecule has 0 aromatic heterocycles. The van der Waals surface area contributed by atoms with Crippen molar-refractivity contribution < 1.29 is 9.59 Å². The van der Waals surface area contributed by atoms with Crippen LogP contribution in [0.1, 0.15) is 25.7 Å². The van der Waals surface area contributed by atoms with Crippen LogP contribution in [0.4, 0.5) is 0 Å². The van der Waals surface area contributed by atoms with Gasteiger partial charge >= 0.3 is 0 Å². The molecule has 0 saturated heterocycles. The molecule has 0 aromatic carbocycles. The summed E-state index contributed by atoms with van der Waals surface area (Å²) in [5, 5.41) is 20.8. The SMILES string of the molecule is N#CCCN(CCC#N)C(=O)C1=NNC(=O)CC1. The Balaban J connectivity index is 2.66. The highest BCUT2D eigenvalue weighted by molar-refractivity contribution is 6.39. The zero-order valence-corrected chi connectivity index (χ0v) is 9.85. The van der Waals surface area contributed by atoms with E-state index in [1.165, 1.54) is 4.90 Å². The first-order valence-corrected chi connectivity index (χ1v) is 5.57. The lowest BCUT2D eigenvalue weighted by Gasteiger charge is -2.22. The van der Waals surface area contributed by atoms with Gasteiger partial charge in [-0.05, 0) is 0 Å². The molecule has 0 atom stereocenters. The summed E-state index contributed by atoms with van der Waals surface area (Å²) in [6, 6.07) is 3.91. The number of rotatable bonds is 5. The second-order valence-corrected chi connectivity index (χ2v) is 3.70. The van der Waals surface area contributed by atoms with E-state index in [1.54, 1.807) is 0 Å². The Morgan fingerprint density at radius 2 is 1.89 bits per heavy atom. The molecule has 0 unspecified atom stereocenters. The lowest BCUT2D eigenvalue weighted by atomic mass is 10.1. The van der Waals surface area contributed by atoms with Crippen molar-refractivity contribution in [3.05, 3.63) is 0 Å². The molecule has 0 bridgehead atoms. The molecule has 18 heavy (non-hydrogen) atoms. The molecule has 0 fully saturated rings. The standard InChI is InChI=1S/C11H13N5O2/c12-5-1-7-16(8-2-6-13)11(18)9-3-4-10(17)15-14-9/h1-4,7-8H2,(H,15,17). The second kappa shape index (κ2) is 7.02. The number of carbonyl (C=O) groups excluding carboxylic acids is 2. The summed E-state index contributed by atoms with van der Waals surface area (Å²) < 4.78 is 0. The highest BCUT2D eigenvalue weighted by atomic mass is 16.2. The molecule has 0 aromatic rings. The maximum Gasteiger partial charge on any atom is 0.270 e. The van der Waals surface area contributed by atoms with Gasteiger partial charge in [0.05, 0.1) is 25.0 Å². The summed E-state index contributed by atoms with van der Waals surface area (Å²) in [7, 11) is 0. The maximum atomic E-state index is 12.0. The van der Waals surface area contributed by atoms with Gasteiger partial charge < -0.3 is 4.90 Å². The molecule has 1 aliphatic rings. The molecule has 0 spiro atoms. The molecule has 1 N–H and O–H groups in total. The van der Waals surface area contributed by atoms with E-state index in [0.29, 0.717) is 6.42 Å². The van der Waals surface area contributed by atoms with Crippen LogP contribution in [0.15, 0.2) is 5.10 Å². The van der Waals surface area contributed by atoms with Gasteiger partial charge in [-0.1, -0.05) is 0 Å². The Morgan fingerprint density at radius 1 is 1.28 bits per heavy atom. The van der Waals surface area contributed by atoms with Gasteiger partial charge in [-0.15, -0.1) is 0 Å². The number of hydrogen-bond acceptors (Lipinski definition) is 5. The Kier molecular flexibility index (Phi) is 5.33. The number of hydrogen-bond donors (Lipinski definition) is 1. The second-order valence-electron chi connectivity index (χ2n) is 3.70. The highest BCUT2D eigenvalue weighted by Gasteiger charge is 2.23. The molecule has 7 heteroatoms. The molecule has 94 valence electrons. The summed E-state index contributed by atoms with van der Waals surface area (Å²) in [6.45, 7) is 0.536. The minimum atomic E-state index is -0.319. The molecule has 1 heterocycles. The maximum absolute atomic E-state index is 12.0. The Hall–Kier alpha value is -2.41. The molecular weight excluding hydrogens is 234 g/mol. The fraction of sp³-hybridized carbons (Fsp3) is 0.545. The quantitative estimate of drug-likeness (QED) is 0.731. The Bertz CT molecular complexity index is 425. The zero-order valence-electron chi connectivity index (χ0n) is 9.85. The van der Waals surface area contributed by atoms with E-state index in [4.69, 9.17) is 10.5 Å². The number of nitrogens with zero attached hydrogens (tertiary/aromatic N) is 4. The average Bonchev–Trinajstić information content (AvgIpc) is 2.39. The van der Waals surface area contributed by atoms with Gasteiger partial charge in [0.2, 0.25) is 5.91 Å². The van der Waals surface area contributed by atoms with E-state index < -0.39 is 0 Å². The van der Waals surface area contributed by atoms with E-state index >= 15 is 0 Å². The van der Waals surface area contributed by atoms with Crippen LogP contribution in [0.5, 0.6) is 0 Å². The van der Waals surface area contributed by atoms with E-state index in [0.717, 1.165) is 0 Å². The van der Waals surface area contributed by atoms with Crippen LogP contribution in [0.25, 0.3) is 0 Å². The van der Waals surface area contributed by atoms with Crippen molar-refractivity contribution >= 4 is 17.5 Å². The predicted octanol–water partition coefficient (Wildman–Crippen LogP) is -0.0916. The summed E-state index contributed by atoms with van der Waals surface area (Å²) in [4.78, 5) is 24.4. The average molecular weight is 247 g/mol. The molecular formula is C11H13N5O2. The minimum absolute atomic E-state index is 0.205. The summed E-state index contributed by atoms with van der Waals surface area (Å²) in [5.74, 6) is -0.535. The van der Waals surface area contributed by atoms with Gasteiger partial charge in [-0.3, -0.25) is 9.59 Å². The van der Waals surface area contributed by atoms with E-state index in [9.17, 15) is 9.59 Å². The summed E-state index contributed by atoms with van der Waals surface area (Å²) in [5.41, 5.74) is 2.52. The number of carbonyl (C=O) groups is 2. The fourth-order valence-corrected chi connectivity index (χ4v) is 1.50. The van der Waals surface area contributed by atoms with Crippen molar-refractivity contribution in [2.45, 2.75) is 25.7 Å². The third-order valence-electron chi connectivity index (χ3n) is 2.43. The van der Waals surface area contributed by atoms with Crippen LogP contribution in [0.3, 0.4) is 0 Å². The smallest absolute Gasteiger partial charge is 0.270 e. The molecule has 1 rings (SSSR count). The van der Waals surface area contributed by atoms with Crippen LogP contribution >= 0.6 is 0 Å². The van der Waals surface area contributed by atoms with Gasteiger partial charge in [0.15, 0.2) is 0 Å². The van der Waals surface area contributed by atoms with Crippen LogP contribution < -0.4 is 5.43 Å². The third kappa shape index (κ3) is 3.87. The van der Waals surface area contributed by atoms with E-state index in [1.807, 2.05) is 12.1 Å². The Morgan fingerprint density at radius 3 is 2.33 bits per heavy atom. The van der Waals surface area contributed by atoms with Crippen molar-refractivity contribution in [2.75, 3.05) is 13.1 Å². The number of hydrazone groups is 1. The highest BCUT2D eigenvalue weighted by Crippen LogP contribution is 2.05. The first-order valence-electron chi connectivity index (χ1n) is 5.57. The van der Waals surface area contributed by atoms with Crippen molar-refractivity contribution in [1.82, 2.24) is 10.3 Å². The minimum Gasteiger partial charge on any atom is -0.335 e. The number of nitrogens with one attached hydrogen (secondary N) is 1. The topological polar surface area (TPSA) is 109 Å². The van der Waals surface area contributed by atoms with Crippen LogP contribution in [0.2, 0.25) is 0 Å². The monoisotopic (exact) mass is 247 g/mol. The van der Waals surface area contributed by atoms with E-state index in [2.05, 4.69) is 10.5 Å². The fourth-order valence-electron chi connectivity index (χ4n) is 1.50. The molecule has 7 nitrogen and oxygen atoms in total. The lowest BCUT2D eigenvalue weighted by molar-refractivity contribution is -0.124. The zero-order chi connectivity index (χ0) is 13.4. The number of amides is 2. The van der Waals surface area contributed by atoms with Crippen molar-refractivity contribution in [3.8, 4) is 12.1 Å². The predicted molar refractivity (Wildman–Crippen MR) is 61.9 cm³/mol. The normalized spacial score (nSPS) is 13.9. The third-order valence-corrected chi connectivity index (χ3v) is 2.43. The van der Waals surface area contributed by atoms with Crippen molar-refractivity contribution in [2.24, 2.45) is 5.10 Å². The molecule has 0 saturated carbocycles. The molecule has 1 aliphatic heterocycles. The van der Waals surface area contributed by atoms with Crippen LogP contribution in [0, 0.1) is 22.7 Å². The summed E-state index contributed by atoms with van der Waals surface area (Å²) in [6.07, 6.45) is 0.933. The van der Waals surface area contributed by atoms with Gasteiger partial charge in [0.1, 0.15) is 5.71 Å². The van der Waals surface area contributed by atoms with E-state index in [-0.39, 0.29) is 49.9 Å². The molecule has 2 amide bonds. The van der Waals surface area contributed by atoms with Gasteiger partial charge in [0.25, 0.3) is 5.91 Å². The van der Waals surface area contributed by atoms with Gasteiger partial charge in [-0.25, -0.2) is 5.43 Å². The molecule has 0 radical (unpaired) electrons. The summed E-state index contributed by atoms with van der Waals surface area (Å²) >= 11 is 0. The van der Waals surface area contributed by atoms with Crippen LogP contribution in [-0.2, 0) is 9.59 Å². The lowest BCUT2D eigenvalue weighted by Crippen LogP contribution is -2.41. The largest absolute Gasteiger partial charge is 0.335 e. The number of nitriles is 2. The molecule has 0 aliphatic carbocycles. The van der Waals surface area contributed by atoms with Gasteiger partial charge in [-0.2, -0.15) is 15.6 Å². The first kappa shape index (κ1) is 13.7. The van der Waals surface area contributed by atoms with Crippen molar-refractivity contribution in [1.29, 1.82) is 10.5 Å². The van der Waals surface area contributed by atoms with Crippen LogP contribution in [-0.4, -0.2) is 35.5 Å². The Labute approximate surface area is 105 Å². The van der Waals surface area contributed by atoms with Crippen molar-refractivity contribution in [3.63, 3.8) is 0 Å².